The number of likely N-dealkylation sites (tertiary alicyclic amines) is 1. The Kier molecular flexibility index (Phi) is 5.24. The molecule has 1 fully saturated rings. The third-order valence-electron chi connectivity index (χ3n) is 2.71. The van der Waals surface area contributed by atoms with Gasteiger partial charge in [-0.25, -0.2) is 0 Å². The van der Waals surface area contributed by atoms with Crippen molar-refractivity contribution in [1.29, 1.82) is 0 Å². The van der Waals surface area contributed by atoms with E-state index in [0.29, 0.717) is 6.61 Å². The summed E-state index contributed by atoms with van der Waals surface area (Å²) < 4.78 is 4.89. The summed E-state index contributed by atoms with van der Waals surface area (Å²) in [4.78, 5) is 35.4. The molecule has 1 rings (SSSR count). The summed E-state index contributed by atoms with van der Waals surface area (Å²) in [6.07, 6.45) is 0.107. The van der Waals surface area contributed by atoms with E-state index in [9.17, 15) is 14.4 Å². The van der Waals surface area contributed by atoms with Crippen LogP contribution in [0, 0.1) is 0 Å². The second kappa shape index (κ2) is 6.46. The molecule has 2 atom stereocenters. The maximum absolute atomic E-state index is 11.5. The molecule has 2 unspecified atom stereocenters. The number of carbonyl (C=O) groups excluding carboxylic acids is 3. The summed E-state index contributed by atoms with van der Waals surface area (Å²) in [6, 6.07) is -0.682. The largest absolute Gasteiger partial charge is 0.383 e. The van der Waals surface area contributed by atoms with Crippen LogP contribution in [-0.2, 0) is 19.1 Å². The van der Waals surface area contributed by atoms with Gasteiger partial charge in [0.2, 0.25) is 17.7 Å². The first-order valence-corrected chi connectivity index (χ1v) is 5.77. The monoisotopic (exact) mass is 257 g/mol. The van der Waals surface area contributed by atoms with Crippen LogP contribution in [0.2, 0.25) is 0 Å². The molecule has 1 saturated heterocycles. The lowest BCUT2D eigenvalue weighted by Gasteiger charge is -2.14. The van der Waals surface area contributed by atoms with Crippen LogP contribution in [0.5, 0.6) is 0 Å². The van der Waals surface area contributed by atoms with Gasteiger partial charge in [0, 0.05) is 20.2 Å². The number of hydrogen-bond donors (Lipinski definition) is 2. The molecular weight excluding hydrogens is 238 g/mol. The molecule has 1 aliphatic heterocycles. The normalized spacial score (nSPS) is 21.3. The highest BCUT2D eigenvalue weighted by molar-refractivity contribution is 6.05. The standard InChI is InChI=1S/C11H19N3O4/c1-7(6-18-3)13-9(15)5-12-8-4-10(16)14(2)11(8)17/h7-8,12H,4-6H2,1-3H3,(H,13,15). The molecule has 0 spiro atoms. The topological polar surface area (TPSA) is 87.7 Å². The second-order valence-electron chi connectivity index (χ2n) is 4.35. The summed E-state index contributed by atoms with van der Waals surface area (Å²) >= 11 is 0. The van der Waals surface area contributed by atoms with Crippen LogP contribution in [0.1, 0.15) is 13.3 Å². The fraction of sp³-hybridized carbons (Fsp3) is 0.727. The number of hydrogen-bond acceptors (Lipinski definition) is 5. The molecule has 0 saturated carbocycles. The first-order chi connectivity index (χ1) is 8.45. The van der Waals surface area contributed by atoms with E-state index < -0.39 is 6.04 Å². The van der Waals surface area contributed by atoms with Crippen LogP contribution >= 0.6 is 0 Å². The lowest BCUT2D eigenvalue weighted by atomic mass is 10.2. The molecule has 3 amide bonds. The van der Waals surface area contributed by atoms with Gasteiger partial charge in [-0.05, 0) is 6.92 Å². The predicted octanol–water partition coefficient (Wildman–Crippen LogP) is -1.52. The van der Waals surface area contributed by atoms with Crippen molar-refractivity contribution in [1.82, 2.24) is 15.5 Å². The summed E-state index contributed by atoms with van der Waals surface area (Å²) in [7, 11) is 2.99. The van der Waals surface area contributed by atoms with Crippen LogP contribution in [0.3, 0.4) is 0 Å². The SMILES string of the molecule is COCC(C)NC(=O)CNC1CC(=O)N(C)C1=O. The molecule has 1 aliphatic rings. The van der Waals surface area contributed by atoms with Crippen LogP contribution in [-0.4, -0.2) is 62.0 Å². The fourth-order valence-electron chi connectivity index (χ4n) is 1.75. The summed E-state index contributed by atoms with van der Waals surface area (Å²) in [5.41, 5.74) is 0. The Morgan fingerprint density at radius 2 is 2.22 bits per heavy atom. The highest BCUT2D eigenvalue weighted by Crippen LogP contribution is 2.09. The zero-order chi connectivity index (χ0) is 13.7. The van der Waals surface area contributed by atoms with Crippen molar-refractivity contribution < 1.29 is 19.1 Å². The first kappa shape index (κ1) is 14.6. The number of likely N-dealkylation sites (N-methyl/N-ethyl adjacent to an activating group) is 1. The molecule has 0 aromatic carbocycles. The van der Waals surface area contributed by atoms with Crippen LogP contribution in [0.4, 0.5) is 0 Å². The Morgan fingerprint density at radius 3 is 2.72 bits per heavy atom. The van der Waals surface area contributed by atoms with E-state index in [1.807, 2.05) is 6.92 Å². The van der Waals surface area contributed by atoms with E-state index in [-0.39, 0.29) is 36.7 Å². The third-order valence-corrected chi connectivity index (χ3v) is 2.71. The number of carbonyl (C=O) groups is 3. The molecule has 0 aromatic heterocycles. The van der Waals surface area contributed by atoms with Gasteiger partial charge < -0.3 is 10.1 Å². The lowest BCUT2D eigenvalue weighted by Crippen LogP contribution is -2.45. The van der Waals surface area contributed by atoms with Gasteiger partial charge in [0.1, 0.15) is 0 Å². The zero-order valence-electron chi connectivity index (χ0n) is 10.9. The number of imide groups is 1. The molecule has 0 aliphatic carbocycles. The van der Waals surface area contributed by atoms with Gasteiger partial charge >= 0.3 is 0 Å². The van der Waals surface area contributed by atoms with Gasteiger partial charge in [0.15, 0.2) is 0 Å². The average molecular weight is 257 g/mol. The maximum atomic E-state index is 11.5. The number of ether oxygens (including phenoxy) is 1. The summed E-state index contributed by atoms with van der Waals surface area (Å²) in [5, 5.41) is 5.48. The Balaban J connectivity index is 2.31. The van der Waals surface area contributed by atoms with Gasteiger partial charge in [-0.1, -0.05) is 0 Å². The summed E-state index contributed by atoms with van der Waals surface area (Å²) in [6.45, 7) is 2.25. The number of methoxy groups -OCH3 is 1. The van der Waals surface area contributed by atoms with Crippen LogP contribution in [0.25, 0.3) is 0 Å². The maximum Gasteiger partial charge on any atom is 0.246 e. The van der Waals surface area contributed by atoms with Gasteiger partial charge in [-0.15, -0.1) is 0 Å². The van der Waals surface area contributed by atoms with Crippen LogP contribution in [0.15, 0.2) is 0 Å². The van der Waals surface area contributed by atoms with Gasteiger partial charge in [-0.3, -0.25) is 24.6 Å². The molecule has 0 bridgehead atoms. The lowest BCUT2D eigenvalue weighted by molar-refractivity contribution is -0.137. The molecule has 7 nitrogen and oxygen atoms in total. The second-order valence-corrected chi connectivity index (χ2v) is 4.35. The number of nitrogens with zero attached hydrogens (tertiary/aromatic N) is 1. The number of nitrogens with one attached hydrogen (secondary N) is 2. The fourth-order valence-corrected chi connectivity index (χ4v) is 1.75. The Labute approximate surface area is 106 Å². The molecular formula is C11H19N3O4. The zero-order valence-corrected chi connectivity index (χ0v) is 10.9. The number of amides is 3. The average Bonchev–Trinajstić information content (AvgIpc) is 2.54. The highest BCUT2D eigenvalue weighted by atomic mass is 16.5. The molecule has 18 heavy (non-hydrogen) atoms. The molecule has 2 N–H and O–H groups in total. The minimum Gasteiger partial charge on any atom is -0.383 e. The van der Waals surface area contributed by atoms with E-state index in [2.05, 4.69) is 10.6 Å². The molecule has 1 heterocycles. The van der Waals surface area contributed by atoms with Crippen LogP contribution < -0.4 is 10.6 Å². The van der Waals surface area contributed by atoms with Crippen molar-refractivity contribution in [2.75, 3.05) is 27.3 Å². The predicted molar refractivity (Wildman–Crippen MR) is 63.7 cm³/mol. The number of rotatable bonds is 6. The van der Waals surface area contributed by atoms with Crippen molar-refractivity contribution in [3.05, 3.63) is 0 Å². The quantitative estimate of drug-likeness (QED) is 0.565. The van der Waals surface area contributed by atoms with Gasteiger partial charge in [-0.2, -0.15) is 0 Å². The van der Waals surface area contributed by atoms with Gasteiger partial charge in [0.25, 0.3) is 0 Å². The minimum atomic E-state index is -0.592. The van der Waals surface area contributed by atoms with E-state index in [1.165, 1.54) is 7.05 Å². The van der Waals surface area contributed by atoms with E-state index >= 15 is 0 Å². The Morgan fingerprint density at radius 1 is 1.56 bits per heavy atom. The molecule has 0 aromatic rings. The van der Waals surface area contributed by atoms with Crippen molar-refractivity contribution in [2.24, 2.45) is 0 Å². The third kappa shape index (κ3) is 3.78. The van der Waals surface area contributed by atoms with Crippen molar-refractivity contribution in [3.63, 3.8) is 0 Å². The minimum absolute atomic E-state index is 0.00554. The van der Waals surface area contributed by atoms with Crippen molar-refractivity contribution in [2.45, 2.75) is 25.4 Å². The first-order valence-electron chi connectivity index (χ1n) is 5.77. The Hall–Kier alpha value is -1.47. The summed E-state index contributed by atoms with van der Waals surface area (Å²) in [5.74, 6) is -0.752. The van der Waals surface area contributed by atoms with Gasteiger partial charge in [0.05, 0.1) is 25.6 Å². The molecule has 0 radical (unpaired) electrons. The van der Waals surface area contributed by atoms with E-state index in [0.717, 1.165) is 4.90 Å². The molecule has 102 valence electrons. The highest BCUT2D eigenvalue weighted by Gasteiger charge is 2.35. The smallest absolute Gasteiger partial charge is 0.246 e. The van der Waals surface area contributed by atoms with Crippen molar-refractivity contribution >= 4 is 17.7 Å². The van der Waals surface area contributed by atoms with E-state index in [4.69, 9.17) is 4.74 Å². The molecule has 7 heteroatoms. The van der Waals surface area contributed by atoms with Crippen molar-refractivity contribution in [3.8, 4) is 0 Å². The Bertz CT molecular complexity index is 345. The van der Waals surface area contributed by atoms with E-state index in [1.54, 1.807) is 7.11 Å².